The molecule has 0 spiro atoms. The third-order valence-electron chi connectivity index (χ3n) is 10.9. The summed E-state index contributed by atoms with van der Waals surface area (Å²) in [4.78, 5) is 15.6. The zero-order chi connectivity index (χ0) is 37.7. The lowest BCUT2D eigenvalue weighted by Crippen LogP contribution is -2.01. The molecule has 0 aliphatic carbocycles. The van der Waals surface area contributed by atoms with Crippen LogP contribution < -0.4 is 0 Å². The van der Waals surface area contributed by atoms with Gasteiger partial charge >= 0.3 is 0 Å². The topological polar surface area (TPSA) is 51.8 Å². The lowest BCUT2D eigenvalue weighted by atomic mass is 9.94. The number of fused-ring (bicyclic) bond motifs is 5. The molecule has 0 aliphatic heterocycles. The van der Waals surface area contributed by atoms with Gasteiger partial charge in [-0.2, -0.15) is 0 Å². The van der Waals surface area contributed by atoms with E-state index in [2.05, 4.69) is 170 Å². The highest BCUT2D eigenvalue weighted by Gasteiger charge is 2.18. The molecule has 2 aromatic heterocycles. The first-order chi connectivity index (χ1) is 28.2. The van der Waals surface area contributed by atoms with Crippen molar-refractivity contribution in [1.29, 1.82) is 0 Å². The molecule has 0 bridgehead atoms. The highest BCUT2D eigenvalue weighted by Crippen LogP contribution is 2.38. The molecule has 0 unspecified atom stereocenters. The molecule has 0 atom stereocenters. The first-order valence-electron chi connectivity index (χ1n) is 19.2. The van der Waals surface area contributed by atoms with Gasteiger partial charge in [0.25, 0.3) is 0 Å². The van der Waals surface area contributed by atoms with Crippen LogP contribution in [0.1, 0.15) is 0 Å². The molecule has 0 aliphatic rings. The van der Waals surface area contributed by atoms with Gasteiger partial charge in [-0.25, -0.2) is 15.0 Å². The number of rotatable bonds is 6. The molecule has 266 valence electrons. The average molecular weight is 728 g/mol. The van der Waals surface area contributed by atoms with Gasteiger partial charge in [0.15, 0.2) is 17.5 Å². The largest absolute Gasteiger partial charge is 0.456 e. The Morgan fingerprint density at radius 1 is 0.263 bits per heavy atom. The minimum Gasteiger partial charge on any atom is -0.456 e. The van der Waals surface area contributed by atoms with E-state index in [0.29, 0.717) is 17.5 Å². The van der Waals surface area contributed by atoms with Gasteiger partial charge in [-0.05, 0) is 91.3 Å². The van der Waals surface area contributed by atoms with Gasteiger partial charge in [-0.15, -0.1) is 0 Å². The number of furan rings is 1. The summed E-state index contributed by atoms with van der Waals surface area (Å²) in [7, 11) is 0. The predicted octanol–water partition coefficient (Wildman–Crippen LogP) is 14.1. The average Bonchev–Trinajstić information content (AvgIpc) is 3.67. The number of nitrogens with zero attached hydrogens (tertiary/aromatic N) is 3. The Balaban J connectivity index is 1.05. The maximum Gasteiger partial charge on any atom is 0.164 e. The van der Waals surface area contributed by atoms with Crippen LogP contribution in [0.15, 0.2) is 205 Å². The molecular weight excluding hydrogens is 695 g/mol. The predicted molar refractivity (Wildman–Crippen MR) is 235 cm³/mol. The molecule has 4 nitrogen and oxygen atoms in total. The molecule has 0 fully saturated rings. The van der Waals surface area contributed by atoms with Crippen molar-refractivity contribution in [2.75, 3.05) is 0 Å². The van der Waals surface area contributed by atoms with Gasteiger partial charge in [0.1, 0.15) is 11.2 Å². The lowest BCUT2D eigenvalue weighted by molar-refractivity contribution is 0.669. The van der Waals surface area contributed by atoms with E-state index in [1.54, 1.807) is 0 Å². The fraction of sp³-hybridized carbons (Fsp3) is 0. The van der Waals surface area contributed by atoms with E-state index in [9.17, 15) is 0 Å². The van der Waals surface area contributed by atoms with E-state index in [-0.39, 0.29) is 0 Å². The van der Waals surface area contributed by atoms with Gasteiger partial charge in [-0.1, -0.05) is 164 Å². The van der Waals surface area contributed by atoms with Crippen molar-refractivity contribution in [3.05, 3.63) is 200 Å². The fourth-order valence-corrected chi connectivity index (χ4v) is 8.05. The van der Waals surface area contributed by atoms with Crippen molar-refractivity contribution in [2.45, 2.75) is 0 Å². The first-order valence-corrected chi connectivity index (χ1v) is 19.2. The molecule has 9 aromatic carbocycles. The van der Waals surface area contributed by atoms with Gasteiger partial charge in [0.05, 0.1) is 0 Å². The van der Waals surface area contributed by atoms with Crippen LogP contribution in [0.2, 0.25) is 0 Å². The molecule has 11 rings (SSSR count). The quantitative estimate of drug-likeness (QED) is 0.171. The highest BCUT2D eigenvalue weighted by molar-refractivity contribution is 6.06. The summed E-state index contributed by atoms with van der Waals surface area (Å²) in [5.41, 5.74) is 11.2. The second kappa shape index (κ2) is 13.6. The van der Waals surface area contributed by atoms with Crippen LogP contribution in [0.25, 0.3) is 111 Å². The molecule has 2 heterocycles. The van der Waals surface area contributed by atoms with Gasteiger partial charge in [0.2, 0.25) is 0 Å². The van der Waals surface area contributed by atoms with E-state index in [1.165, 1.54) is 32.7 Å². The lowest BCUT2D eigenvalue weighted by Gasteiger charge is -2.14. The fourth-order valence-electron chi connectivity index (χ4n) is 8.05. The van der Waals surface area contributed by atoms with E-state index >= 15 is 0 Å². The Morgan fingerprint density at radius 3 is 1.61 bits per heavy atom. The van der Waals surface area contributed by atoms with Crippen molar-refractivity contribution in [2.24, 2.45) is 0 Å². The van der Waals surface area contributed by atoms with Crippen LogP contribution in [0.4, 0.5) is 0 Å². The van der Waals surface area contributed by atoms with E-state index < -0.39 is 0 Å². The van der Waals surface area contributed by atoms with Crippen molar-refractivity contribution in [3.8, 4) is 67.5 Å². The number of aromatic nitrogens is 3. The number of hydrogen-bond acceptors (Lipinski definition) is 4. The van der Waals surface area contributed by atoms with Gasteiger partial charge in [0, 0.05) is 27.5 Å². The van der Waals surface area contributed by atoms with Crippen molar-refractivity contribution in [3.63, 3.8) is 0 Å². The molecule has 0 radical (unpaired) electrons. The molecule has 0 saturated heterocycles. The molecule has 0 saturated carbocycles. The smallest absolute Gasteiger partial charge is 0.164 e. The summed E-state index contributed by atoms with van der Waals surface area (Å²) in [6.45, 7) is 0. The summed E-state index contributed by atoms with van der Waals surface area (Å²) in [6, 6.07) is 70.1. The van der Waals surface area contributed by atoms with E-state index in [0.717, 1.165) is 60.9 Å². The summed E-state index contributed by atoms with van der Waals surface area (Å²) < 4.78 is 6.18. The number of hydrogen-bond donors (Lipinski definition) is 0. The Kier molecular flexibility index (Phi) is 7.78. The monoisotopic (exact) mass is 727 g/mol. The van der Waals surface area contributed by atoms with Crippen LogP contribution >= 0.6 is 0 Å². The third kappa shape index (κ3) is 5.92. The zero-order valence-electron chi connectivity index (χ0n) is 30.8. The first kappa shape index (κ1) is 32.7. The maximum absolute atomic E-state index is 6.18. The van der Waals surface area contributed by atoms with E-state index in [4.69, 9.17) is 19.4 Å². The Hall–Kier alpha value is -7.69. The summed E-state index contributed by atoms with van der Waals surface area (Å²) >= 11 is 0. The SMILES string of the molecule is c1cc(-c2ccc(-c3ccc4ccccc4c3)cc2)cc(-c2nc(-c3ccc4oc5ccccc5c4c3)nc(-c3ccccc3-c3cccc4ccccc34)n2)c1. The molecule has 0 N–H and O–H groups in total. The molecule has 0 amide bonds. The molecular formula is C53H33N3O. The van der Waals surface area contributed by atoms with Crippen molar-refractivity contribution >= 4 is 43.5 Å². The second-order valence-corrected chi connectivity index (χ2v) is 14.4. The molecule has 57 heavy (non-hydrogen) atoms. The summed E-state index contributed by atoms with van der Waals surface area (Å²) in [6.07, 6.45) is 0. The Morgan fingerprint density at radius 2 is 0.789 bits per heavy atom. The van der Waals surface area contributed by atoms with Crippen LogP contribution in [-0.2, 0) is 0 Å². The summed E-state index contributed by atoms with van der Waals surface area (Å²) in [5.74, 6) is 1.82. The minimum absolute atomic E-state index is 0.597. The third-order valence-corrected chi connectivity index (χ3v) is 10.9. The molecule has 11 aromatic rings. The minimum atomic E-state index is 0.597. The Bertz CT molecular complexity index is 3300. The van der Waals surface area contributed by atoms with Crippen LogP contribution in [-0.4, -0.2) is 15.0 Å². The standard InChI is InChI=1S/C53H33N3O/c1-2-13-38-31-40(28-27-34(38)11-1)36-25-23-35(24-26-36)39-15-9-16-41(32-39)51-54-52(42-29-30-50-48(33-42)46-19-7-8-22-49(46)57-50)56-53(55-51)47-20-6-5-18-45(47)44-21-10-14-37-12-3-4-17-43(37)44/h1-33H. The van der Waals surface area contributed by atoms with Crippen LogP contribution in [0.5, 0.6) is 0 Å². The van der Waals surface area contributed by atoms with Gasteiger partial charge in [-0.3, -0.25) is 0 Å². The van der Waals surface area contributed by atoms with Crippen molar-refractivity contribution < 1.29 is 4.42 Å². The van der Waals surface area contributed by atoms with Crippen LogP contribution in [0, 0.1) is 0 Å². The van der Waals surface area contributed by atoms with Crippen molar-refractivity contribution in [1.82, 2.24) is 15.0 Å². The Labute approximate surface area is 329 Å². The maximum atomic E-state index is 6.18. The molecule has 4 heteroatoms. The summed E-state index contributed by atoms with van der Waals surface area (Å²) in [5, 5.41) is 6.93. The number of para-hydroxylation sites is 1. The highest BCUT2D eigenvalue weighted by atomic mass is 16.3. The normalized spacial score (nSPS) is 11.5. The zero-order valence-corrected chi connectivity index (χ0v) is 30.8. The van der Waals surface area contributed by atoms with E-state index in [1.807, 2.05) is 30.3 Å². The van der Waals surface area contributed by atoms with Gasteiger partial charge < -0.3 is 4.42 Å². The second-order valence-electron chi connectivity index (χ2n) is 14.4. The number of benzene rings is 9. The van der Waals surface area contributed by atoms with Crippen LogP contribution in [0.3, 0.4) is 0 Å².